The Balaban J connectivity index is 2.23. The minimum atomic E-state index is -0.0742. The van der Waals surface area contributed by atoms with Gasteiger partial charge >= 0.3 is 0 Å². The van der Waals surface area contributed by atoms with E-state index in [1.54, 1.807) is 0 Å². The molecule has 1 aliphatic carbocycles. The molecular formula is C16H25N3O. The molecule has 1 aliphatic rings. The number of amides is 1. The van der Waals surface area contributed by atoms with Gasteiger partial charge in [0.25, 0.3) is 5.91 Å². The van der Waals surface area contributed by atoms with Crippen molar-refractivity contribution in [2.45, 2.75) is 57.9 Å². The average molecular weight is 275 g/mol. The predicted octanol–water partition coefficient (Wildman–Crippen LogP) is 3.09. The Kier molecular flexibility index (Phi) is 4.31. The molecule has 0 unspecified atom stereocenters. The smallest absolute Gasteiger partial charge is 0.251 e. The lowest BCUT2D eigenvalue weighted by atomic mass is 9.90. The van der Waals surface area contributed by atoms with Crippen LogP contribution < -0.4 is 10.6 Å². The zero-order valence-electron chi connectivity index (χ0n) is 12.9. The number of rotatable bonds is 3. The molecule has 20 heavy (non-hydrogen) atoms. The van der Waals surface area contributed by atoms with Crippen LogP contribution in [-0.4, -0.2) is 24.0 Å². The normalized spacial score (nSPS) is 16.2. The van der Waals surface area contributed by atoms with Gasteiger partial charge in [-0.3, -0.25) is 4.79 Å². The number of carbonyl (C=O) groups is 1. The van der Waals surface area contributed by atoms with E-state index >= 15 is 0 Å². The van der Waals surface area contributed by atoms with Gasteiger partial charge in [-0.1, -0.05) is 33.6 Å². The van der Waals surface area contributed by atoms with Crippen LogP contribution in [0.5, 0.6) is 0 Å². The second-order valence-corrected chi connectivity index (χ2v) is 6.58. The molecular weight excluding hydrogens is 250 g/mol. The summed E-state index contributed by atoms with van der Waals surface area (Å²) >= 11 is 0. The van der Waals surface area contributed by atoms with Crippen LogP contribution in [0.1, 0.15) is 62.5 Å². The molecule has 1 heterocycles. The van der Waals surface area contributed by atoms with Crippen LogP contribution in [0.15, 0.2) is 12.1 Å². The van der Waals surface area contributed by atoms with Gasteiger partial charge in [0.1, 0.15) is 5.82 Å². The first kappa shape index (κ1) is 14.8. The Morgan fingerprint density at radius 3 is 2.45 bits per heavy atom. The summed E-state index contributed by atoms with van der Waals surface area (Å²) < 4.78 is 0. The van der Waals surface area contributed by atoms with Crippen LogP contribution in [0.4, 0.5) is 5.82 Å². The van der Waals surface area contributed by atoms with Crippen LogP contribution in [0.2, 0.25) is 0 Å². The van der Waals surface area contributed by atoms with E-state index in [0.717, 1.165) is 24.4 Å². The third-order valence-corrected chi connectivity index (χ3v) is 3.80. The Labute approximate surface area is 121 Å². The maximum absolute atomic E-state index is 12.4. The lowest BCUT2D eigenvalue weighted by Gasteiger charge is -2.20. The number of hydrogen-bond donors (Lipinski definition) is 2. The van der Waals surface area contributed by atoms with Crippen LogP contribution in [0.3, 0.4) is 0 Å². The molecule has 4 heteroatoms. The highest BCUT2D eigenvalue weighted by Crippen LogP contribution is 2.24. The summed E-state index contributed by atoms with van der Waals surface area (Å²) in [6.45, 7) is 6.31. The molecule has 0 radical (unpaired) electrons. The summed E-state index contributed by atoms with van der Waals surface area (Å²) in [7, 11) is 1.83. The lowest BCUT2D eigenvalue weighted by molar-refractivity contribution is 0.0937. The van der Waals surface area contributed by atoms with Crippen molar-refractivity contribution >= 4 is 11.7 Å². The second-order valence-electron chi connectivity index (χ2n) is 6.58. The van der Waals surface area contributed by atoms with Gasteiger partial charge in [-0.25, -0.2) is 4.98 Å². The Morgan fingerprint density at radius 1 is 1.25 bits per heavy atom. The van der Waals surface area contributed by atoms with Crippen LogP contribution in [0, 0.1) is 0 Å². The quantitative estimate of drug-likeness (QED) is 0.891. The van der Waals surface area contributed by atoms with E-state index in [4.69, 9.17) is 0 Å². The van der Waals surface area contributed by atoms with Gasteiger partial charge in [0.05, 0.1) is 0 Å². The van der Waals surface area contributed by atoms with Crippen LogP contribution in [-0.2, 0) is 5.41 Å². The van der Waals surface area contributed by atoms with Crippen molar-refractivity contribution in [2.75, 3.05) is 12.4 Å². The second kappa shape index (κ2) is 5.81. The molecule has 0 atom stereocenters. The number of nitrogens with zero attached hydrogens (tertiary/aromatic N) is 1. The minimum absolute atomic E-state index is 0.0151. The molecule has 0 aromatic carbocycles. The minimum Gasteiger partial charge on any atom is -0.373 e. The largest absolute Gasteiger partial charge is 0.373 e. The van der Waals surface area contributed by atoms with E-state index in [2.05, 4.69) is 36.4 Å². The van der Waals surface area contributed by atoms with Crippen molar-refractivity contribution in [1.29, 1.82) is 0 Å². The highest BCUT2D eigenvalue weighted by molar-refractivity contribution is 5.95. The van der Waals surface area contributed by atoms with E-state index in [0.29, 0.717) is 11.6 Å². The molecule has 1 fully saturated rings. The summed E-state index contributed by atoms with van der Waals surface area (Å²) in [5.74, 6) is 0.760. The zero-order chi connectivity index (χ0) is 14.8. The summed E-state index contributed by atoms with van der Waals surface area (Å²) in [5, 5.41) is 6.17. The molecule has 1 saturated carbocycles. The molecule has 0 aliphatic heterocycles. The van der Waals surface area contributed by atoms with E-state index in [1.807, 2.05) is 19.2 Å². The molecule has 110 valence electrons. The van der Waals surface area contributed by atoms with E-state index < -0.39 is 0 Å². The fourth-order valence-electron chi connectivity index (χ4n) is 2.51. The number of pyridine rings is 1. The predicted molar refractivity (Wildman–Crippen MR) is 82.2 cm³/mol. The van der Waals surface area contributed by atoms with E-state index in [9.17, 15) is 4.79 Å². The molecule has 0 saturated heterocycles. The van der Waals surface area contributed by atoms with Crippen molar-refractivity contribution in [3.05, 3.63) is 23.4 Å². The average Bonchev–Trinajstić information content (AvgIpc) is 2.90. The van der Waals surface area contributed by atoms with Gasteiger partial charge in [0, 0.05) is 29.8 Å². The first-order valence-corrected chi connectivity index (χ1v) is 7.41. The fourth-order valence-corrected chi connectivity index (χ4v) is 2.51. The van der Waals surface area contributed by atoms with Crippen molar-refractivity contribution in [3.8, 4) is 0 Å². The fraction of sp³-hybridized carbons (Fsp3) is 0.625. The van der Waals surface area contributed by atoms with Gasteiger partial charge < -0.3 is 10.6 Å². The van der Waals surface area contributed by atoms with Gasteiger partial charge in [0.15, 0.2) is 0 Å². The summed E-state index contributed by atoms with van der Waals surface area (Å²) in [4.78, 5) is 16.9. The Hall–Kier alpha value is -1.58. The third kappa shape index (κ3) is 3.50. The first-order valence-electron chi connectivity index (χ1n) is 7.41. The molecule has 2 N–H and O–H groups in total. The monoisotopic (exact) mass is 275 g/mol. The van der Waals surface area contributed by atoms with Crippen molar-refractivity contribution in [3.63, 3.8) is 0 Å². The molecule has 1 amide bonds. The van der Waals surface area contributed by atoms with Crippen LogP contribution >= 0.6 is 0 Å². The number of aromatic nitrogens is 1. The number of nitrogens with one attached hydrogen (secondary N) is 2. The number of hydrogen-bond acceptors (Lipinski definition) is 3. The van der Waals surface area contributed by atoms with Gasteiger partial charge in [-0.2, -0.15) is 0 Å². The molecule has 0 bridgehead atoms. The van der Waals surface area contributed by atoms with E-state index in [-0.39, 0.29) is 11.3 Å². The summed E-state index contributed by atoms with van der Waals surface area (Å²) in [6, 6.07) is 4.07. The number of carbonyl (C=O) groups excluding carboxylic acids is 1. The molecule has 4 nitrogen and oxygen atoms in total. The molecule has 2 rings (SSSR count). The zero-order valence-corrected chi connectivity index (χ0v) is 12.9. The molecule has 1 aromatic rings. The van der Waals surface area contributed by atoms with Crippen molar-refractivity contribution in [2.24, 2.45) is 0 Å². The lowest BCUT2D eigenvalue weighted by Crippen LogP contribution is -2.33. The van der Waals surface area contributed by atoms with Gasteiger partial charge in [-0.15, -0.1) is 0 Å². The first-order chi connectivity index (χ1) is 9.40. The topological polar surface area (TPSA) is 54.0 Å². The van der Waals surface area contributed by atoms with Gasteiger partial charge in [0.2, 0.25) is 0 Å². The number of anilines is 1. The Bertz CT molecular complexity index is 485. The SMILES string of the molecule is CNc1cc(C(=O)NC2CCCC2)cc(C(C)(C)C)n1. The van der Waals surface area contributed by atoms with Gasteiger partial charge in [-0.05, 0) is 25.0 Å². The highest BCUT2D eigenvalue weighted by Gasteiger charge is 2.21. The Morgan fingerprint density at radius 2 is 1.90 bits per heavy atom. The molecule has 1 aromatic heterocycles. The van der Waals surface area contributed by atoms with E-state index in [1.165, 1.54) is 12.8 Å². The van der Waals surface area contributed by atoms with Crippen molar-refractivity contribution in [1.82, 2.24) is 10.3 Å². The summed E-state index contributed by atoms with van der Waals surface area (Å²) in [6.07, 6.45) is 4.64. The highest BCUT2D eigenvalue weighted by atomic mass is 16.1. The standard InChI is InChI=1S/C16H25N3O/c1-16(2,3)13-9-11(10-14(17-4)19-13)15(20)18-12-7-5-6-8-12/h9-10,12H,5-8H2,1-4H3,(H,17,19)(H,18,20). The maximum Gasteiger partial charge on any atom is 0.251 e. The third-order valence-electron chi connectivity index (χ3n) is 3.80. The summed E-state index contributed by atoms with van der Waals surface area (Å²) in [5.41, 5.74) is 1.55. The maximum atomic E-state index is 12.4. The van der Waals surface area contributed by atoms with Crippen LogP contribution in [0.25, 0.3) is 0 Å². The van der Waals surface area contributed by atoms with Crippen molar-refractivity contribution < 1.29 is 4.79 Å². The molecule has 0 spiro atoms.